The zero-order valence-electron chi connectivity index (χ0n) is 16.3. The Balaban J connectivity index is 1.81. The Bertz CT molecular complexity index is 812. The van der Waals surface area contributed by atoms with Crippen LogP contribution in [-0.4, -0.2) is 43.2 Å². The van der Waals surface area contributed by atoms with Gasteiger partial charge in [0.15, 0.2) is 5.82 Å². The van der Waals surface area contributed by atoms with Crippen molar-refractivity contribution < 1.29 is 14.3 Å². The number of ether oxygens (including phenoxy) is 1. The van der Waals surface area contributed by atoms with Gasteiger partial charge in [0.2, 0.25) is 0 Å². The first-order valence-corrected chi connectivity index (χ1v) is 9.62. The van der Waals surface area contributed by atoms with Crippen LogP contribution in [0.5, 0.6) is 0 Å². The standard InChI is InChI=1S/C21H26N4O3/c1-3-24-13-14-25(18-11-8-12-22-20(18)24)21(27)23-17(15-19(26)28-4-2)16-9-6-5-7-10-16/h5-12,17H,3-4,13-15H2,1-2H3,(H,23,27). The first-order valence-electron chi connectivity index (χ1n) is 9.62. The van der Waals surface area contributed by atoms with Crippen LogP contribution in [0.15, 0.2) is 48.7 Å². The molecule has 0 saturated heterocycles. The highest BCUT2D eigenvalue weighted by molar-refractivity contribution is 5.96. The number of benzene rings is 1. The van der Waals surface area contributed by atoms with Crippen LogP contribution in [0.2, 0.25) is 0 Å². The predicted octanol–water partition coefficient (Wildman–Crippen LogP) is 3.13. The number of fused-ring (bicyclic) bond motifs is 1. The Morgan fingerprint density at radius 3 is 2.64 bits per heavy atom. The van der Waals surface area contributed by atoms with Crippen molar-refractivity contribution >= 4 is 23.5 Å². The van der Waals surface area contributed by atoms with Crippen LogP contribution in [0, 0.1) is 0 Å². The van der Waals surface area contributed by atoms with Gasteiger partial charge in [-0.3, -0.25) is 9.69 Å². The lowest BCUT2D eigenvalue weighted by atomic mass is 10.0. The number of nitrogens with zero attached hydrogens (tertiary/aromatic N) is 3. The Morgan fingerprint density at radius 1 is 1.14 bits per heavy atom. The lowest BCUT2D eigenvalue weighted by Gasteiger charge is -2.36. The average molecular weight is 382 g/mol. The molecule has 148 valence electrons. The third-order valence-corrected chi connectivity index (χ3v) is 4.75. The van der Waals surface area contributed by atoms with E-state index in [0.29, 0.717) is 19.7 Å². The monoisotopic (exact) mass is 382 g/mol. The average Bonchev–Trinajstić information content (AvgIpc) is 2.73. The summed E-state index contributed by atoms with van der Waals surface area (Å²) in [7, 11) is 0. The topological polar surface area (TPSA) is 74.8 Å². The van der Waals surface area contributed by atoms with Crippen LogP contribution in [0.1, 0.15) is 31.9 Å². The minimum atomic E-state index is -0.461. The lowest BCUT2D eigenvalue weighted by Crippen LogP contribution is -2.49. The summed E-state index contributed by atoms with van der Waals surface area (Å²) in [5.41, 5.74) is 1.64. The summed E-state index contributed by atoms with van der Waals surface area (Å²) in [6, 6.07) is 12.5. The van der Waals surface area contributed by atoms with E-state index in [-0.39, 0.29) is 18.4 Å². The molecule has 0 radical (unpaired) electrons. The molecule has 0 aliphatic carbocycles. The van der Waals surface area contributed by atoms with E-state index in [0.717, 1.165) is 23.6 Å². The Labute approximate surface area is 165 Å². The highest BCUT2D eigenvalue weighted by Gasteiger charge is 2.29. The number of aromatic nitrogens is 1. The van der Waals surface area contributed by atoms with E-state index in [9.17, 15) is 9.59 Å². The summed E-state index contributed by atoms with van der Waals surface area (Å²) in [5.74, 6) is 0.461. The molecule has 1 N–H and O–H groups in total. The molecule has 1 aromatic carbocycles. The molecular formula is C21H26N4O3. The highest BCUT2D eigenvalue weighted by Crippen LogP contribution is 2.31. The van der Waals surface area contributed by atoms with Gasteiger partial charge in [0, 0.05) is 25.8 Å². The van der Waals surface area contributed by atoms with Crippen molar-refractivity contribution in [2.24, 2.45) is 0 Å². The van der Waals surface area contributed by atoms with Crippen LogP contribution in [0.25, 0.3) is 0 Å². The molecule has 0 fully saturated rings. The van der Waals surface area contributed by atoms with Gasteiger partial charge >= 0.3 is 12.0 Å². The molecular weight excluding hydrogens is 356 g/mol. The van der Waals surface area contributed by atoms with Crippen molar-refractivity contribution in [2.75, 3.05) is 36.0 Å². The molecule has 28 heavy (non-hydrogen) atoms. The summed E-state index contributed by atoms with van der Waals surface area (Å²) >= 11 is 0. The van der Waals surface area contributed by atoms with Gasteiger partial charge in [0.1, 0.15) is 0 Å². The van der Waals surface area contributed by atoms with Gasteiger partial charge in [-0.2, -0.15) is 0 Å². The van der Waals surface area contributed by atoms with E-state index in [4.69, 9.17) is 4.74 Å². The highest BCUT2D eigenvalue weighted by atomic mass is 16.5. The van der Waals surface area contributed by atoms with E-state index >= 15 is 0 Å². The second-order valence-corrected chi connectivity index (χ2v) is 6.50. The van der Waals surface area contributed by atoms with E-state index in [1.54, 1.807) is 18.0 Å². The quantitative estimate of drug-likeness (QED) is 0.777. The largest absolute Gasteiger partial charge is 0.466 e. The molecule has 2 amide bonds. The number of nitrogens with one attached hydrogen (secondary N) is 1. The third-order valence-electron chi connectivity index (χ3n) is 4.75. The molecule has 0 spiro atoms. The number of hydrogen-bond donors (Lipinski definition) is 1. The minimum Gasteiger partial charge on any atom is -0.466 e. The van der Waals surface area contributed by atoms with Gasteiger partial charge in [-0.1, -0.05) is 30.3 Å². The molecule has 2 heterocycles. The SMILES string of the molecule is CCOC(=O)CC(NC(=O)N1CCN(CC)c2ncccc21)c1ccccc1. The van der Waals surface area contributed by atoms with Gasteiger partial charge < -0.3 is 15.0 Å². The predicted molar refractivity (Wildman–Crippen MR) is 108 cm³/mol. The number of esters is 1. The lowest BCUT2D eigenvalue weighted by molar-refractivity contribution is -0.143. The van der Waals surface area contributed by atoms with Crippen molar-refractivity contribution in [2.45, 2.75) is 26.3 Å². The maximum atomic E-state index is 13.1. The number of anilines is 2. The molecule has 1 atom stereocenters. The zero-order chi connectivity index (χ0) is 19.9. The van der Waals surface area contributed by atoms with Gasteiger partial charge in [0.05, 0.1) is 24.8 Å². The summed E-state index contributed by atoms with van der Waals surface area (Å²) < 4.78 is 5.09. The molecule has 3 rings (SSSR count). The first kappa shape index (κ1) is 19.7. The number of hydrogen-bond acceptors (Lipinski definition) is 5. The van der Waals surface area contributed by atoms with E-state index in [2.05, 4.69) is 22.1 Å². The Morgan fingerprint density at radius 2 is 1.93 bits per heavy atom. The fourth-order valence-electron chi connectivity index (χ4n) is 3.36. The van der Waals surface area contributed by atoms with Gasteiger partial charge in [-0.15, -0.1) is 0 Å². The molecule has 7 nitrogen and oxygen atoms in total. The molecule has 7 heteroatoms. The minimum absolute atomic E-state index is 0.0818. The molecule has 0 saturated carbocycles. The number of pyridine rings is 1. The Kier molecular flexibility index (Phi) is 6.47. The van der Waals surface area contributed by atoms with Crippen molar-refractivity contribution in [3.05, 3.63) is 54.2 Å². The maximum Gasteiger partial charge on any atom is 0.322 e. The van der Waals surface area contributed by atoms with E-state index in [1.807, 2.05) is 42.5 Å². The molecule has 0 bridgehead atoms. The molecule has 1 unspecified atom stereocenters. The van der Waals surface area contributed by atoms with Gasteiger partial charge in [0.25, 0.3) is 0 Å². The summed E-state index contributed by atoms with van der Waals surface area (Å²) in [6.45, 7) is 6.24. The van der Waals surface area contributed by atoms with Crippen LogP contribution in [-0.2, 0) is 9.53 Å². The van der Waals surface area contributed by atoms with Crippen LogP contribution >= 0.6 is 0 Å². The number of carbonyl (C=O) groups excluding carboxylic acids is 2. The van der Waals surface area contributed by atoms with Crippen LogP contribution < -0.4 is 15.1 Å². The smallest absolute Gasteiger partial charge is 0.322 e. The summed E-state index contributed by atoms with van der Waals surface area (Å²) in [4.78, 5) is 33.4. The number of amides is 2. The van der Waals surface area contributed by atoms with Crippen molar-refractivity contribution in [1.29, 1.82) is 0 Å². The van der Waals surface area contributed by atoms with Crippen molar-refractivity contribution in [1.82, 2.24) is 10.3 Å². The van der Waals surface area contributed by atoms with E-state index < -0.39 is 6.04 Å². The van der Waals surface area contributed by atoms with Crippen LogP contribution in [0.3, 0.4) is 0 Å². The zero-order valence-corrected chi connectivity index (χ0v) is 16.3. The molecule has 1 aromatic heterocycles. The normalized spacial score (nSPS) is 14.2. The number of rotatable bonds is 6. The third kappa shape index (κ3) is 4.42. The van der Waals surface area contributed by atoms with E-state index in [1.165, 1.54) is 0 Å². The second kappa shape index (κ2) is 9.21. The summed E-state index contributed by atoms with van der Waals surface area (Å²) in [6.07, 6.45) is 1.81. The van der Waals surface area contributed by atoms with Crippen molar-refractivity contribution in [3.63, 3.8) is 0 Å². The number of likely N-dealkylation sites (N-methyl/N-ethyl adjacent to an activating group) is 1. The summed E-state index contributed by atoms with van der Waals surface area (Å²) in [5, 5.41) is 3.01. The first-order chi connectivity index (χ1) is 13.6. The molecule has 1 aliphatic rings. The fraction of sp³-hybridized carbons (Fsp3) is 0.381. The van der Waals surface area contributed by atoms with Gasteiger partial charge in [-0.25, -0.2) is 9.78 Å². The molecule has 2 aromatic rings. The van der Waals surface area contributed by atoms with Crippen molar-refractivity contribution in [3.8, 4) is 0 Å². The fourth-order valence-corrected chi connectivity index (χ4v) is 3.36. The molecule has 1 aliphatic heterocycles. The maximum absolute atomic E-state index is 13.1. The number of urea groups is 1. The second-order valence-electron chi connectivity index (χ2n) is 6.50. The Hall–Kier alpha value is -3.09. The van der Waals surface area contributed by atoms with Gasteiger partial charge in [-0.05, 0) is 31.5 Å². The number of carbonyl (C=O) groups is 2. The van der Waals surface area contributed by atoms with Crippen LogP contribution in [0.4, 0.5) is 16.3 Å².